The molecule has 2 aromatic carbocycles. The highest BCUT2D eigenvalue weighted by molar-refractivity contribution is 5.24. The predicted molar refractivity (Wildman–Crippen MR) is 87.7 cm³/mol. The monoisotopic (exact) mass is 297 g/mol. The summed E-state index contributed by atoms with van der Waals surface area (Å²) in [6.45, 7) is 3.53. The molecule has 1 N–H and O–H groups in total. The van der Waals surface area contributed by atoms with Crippen LogP contribution in [0.4, 0.5) is 0 Å². The van der Waals surface area contributed by atoms with Gasteiger partial charge in [0.1, 0.15) is 12.4 Å². The Hall–Kier alpha value is -1.84. The van der Waals surface area contributed by atoms with Crippen molar-refractivity contribution in [2.45, 2.75) is 32.1 Å². The molecule has 1 fully saturated rings. The second-order valence-corrected chi connectivity index (χ2v) is 5.93. The summed E-state index contributed by atoms with van der Waals surface area (Å²) in [6, 6.07) is 18.5. The molecule has 0 bridgehead atoms. The fraction of sp³-hybridized carbons (Fsp3) is 0.368. The van der Waals surface area contributed by atoms with Crippen molar-refractivity contribution < 1.29 is 9.84 Å². The van der Waals surface area contributed by atoms with Crippen molar-refractivity contribution >= 4 is 0 Å². The van der Waals surface area contributed by atoms with E-state index in [1.807, 2.05) is 30.3 Å². The van der Waals surface area contributed by atoms with Crippen LogP contribution in [-0.4, -0.2) is 29.2 Å². The summed E-state index contributed by atoms with van der Waals surface area (Å²) in [5.41, 5.74) is 2.50. The fourth-order valence-electron chi connectivity index (χ4n) is 2.76. The summed E-state index contributed by atoms with van der Waals surface area (Å²) < 4.78 is 5.76. The molecule has 0 radical (unpaired) electrons. The summed E-state index contributed by atoms with van der Waals surface area (Å²) in [5.74, 6) is 0.901. The van der Waals surface area contributed by atoms with Gasteiger partial charge in [-0.25, -0.2) is 0 Å². The standard InChI is InChI=1S/C19H23NO2/c21-18-10-12-20(13-11-18)14-16-6-8-17(9-7-16)15-22-19-4-2-1-3-5-19/h1-9,18,21H,10-15H2. The number of likely N-dealkylation sites (tertiary alicyclic amines) is 1. The quantitative estimate of drug-likeness (QED) is 0.920. The number of hydrogen-bond acceptors (Lipinski definition) is 3. The largest absolute Gasteiger partial charge is 0.489 e. The first-order valence-corrected chi connectivity index (χ1v) is 7.96. The molecular formula is C19H23NO2. The lowest BCUT2D eigenvalue weighted by Crippen LogP contribution is -2.35. The Kier molecular flexibility index (Phi) is 5.09. The Bertz CT molecular complexity index is 560. The third-order valence-corrected chi connectivity index (χ3v) is 4.13. The summed E-state index contributed by atoms with van der Waals surface area (Å²) in [6.07, 6.45) is 1.68. The molecule has 2 aromatic rings. The van der Waals surface area contributed by atoms with Crippen LogP contribution < -0.4 is 4.74 Å². The van der Waals surface area contributed by atoms with E-state index in [9.17, 15) is 5.11 Å². The maximum Gasteiger partial charge on any atom is 0.119 e. The van der Waals surface area contributed by atoms with E-state index in [1.54, 1.807) is 0 Å². The van der Waals surface area contributed by atoms with Crippen molar-refractivity contribution in [2.24, 2.45) is 0 Å². The van der Waals surface area contributed by atoms with Gasteiger partial charge in [-0.3, -0.25) is 4.90 Å². The lowest BCUT2D eigenvalue weighted by atomic mass is 10.1. The zero-order valence-corrected chi connectivity index (χ0v) is 12.8. The van der Waals surface area contributed by atoms with E-state index < -0.39 is 0 Å². The second-order valence-electron chi connectivity index (χ2n) is 5.93. The third-order valence-electron chi connectivity index (χ3n) is 4.13. The molecule has 1 saturated heterocycles. The van der Waals surface area contributed by atoms with Gasteiger partial charge in [-0.15, -0.1) is 0 Å². The minimum atomic E-state index is -0.103. The van der Waals surface area contributed by atoms with Gasteiger partial charge in [-0.2, -0.15) is 0 Å². The zero-order chi connectivity index (χ0) is 15.2. The Balaban J connectivity index is 1.50. The van der Waals surface area contributed by atoms with Crippen LogP contribution in [0, 0.1) is 0 Å². The average molecular weight is 297 g/mol. The van der Waals surface area contributed by atoms with Crippen LogP contribution in [-0.2, 0) is 13.2 Å². The van der Waals surface area contributed by atoms with Gasteiger partial charge >= 0.3 is 0 Å². The molecule has 3 rings (SSSR count). The molecular weight excluding hydrogens is 274 g/mol. The highest BCUT2D eigenvalue weighted by atomic mass is 16.5. The first-order chi connectivity index (χ1) is 10.8. The number of aliphatic hydroxyl groups excluding tert-OH is 1. The summed E-state index contributed by atoms with van der Waals surface area (Å²) in [5, 5.41) is 9.54. The van der Waals surface area contributed by atoms with Gasteiger partial charge in [-0.05, 0) is 36.1 Å². The predicted octanol–water partition coefficient (Wildman–Crippen LogP) is 3.22. The molecule has 0 saturated carbocycles. The van der Waals surface area contributed by atoms with Gasteiger partial charge in [0.15, 0.2) is 0 Å². The summed E-state index contributed by atoms with van der Waals surface area (Å²) in [7, 11) is 0. The van der Waals surface area contributed by atoms with Crippen molar-refractivity contribution in [3.63, 3.8) is 0 Å². The van der Waals surface area contributed by atoms with E-state index in [0.29, 0.717) is 6.61 Å². The number of rotatable bonds is 5. The molecule has 0 aliphatic carbocycles. The number of aliphatic hydroxyl groups is 1. The lowest BCUT2D eigenvalue weighted by molar-refractivity contribution is 0.0792. The smallest absolute Gasteiger partial charge is 0.119 e. The van der Waals surface area contributed by atoms with Gasteiger partial charge in [-0.1, -0.05) is 42.5 Å². The van der Waals surface area contributed by atoms with Gasteiger partial charge in [0.2, 0.25) is 0 Å². The SMILES string of the molecule is OC1CCN(Cc2ccc(COc3ccccc3)cc2)CC1. The van der Waals surface area contributed by atoms with Gasteiger partial charge in [0, 0.05) is 19.6 Å². The van der Waals surface area contributed by atoms with Gasteiger partial charge in [0.05, 0.1) is 6.10 Å². The van der Waals surface area contributed by atoms with E-state index >= 15 is 0 Å². The fourth-order valence-corrected chi connectivity index (χ4v) is 2.76. The number of benzene rings is 2. The molecule has 0 unspecified atom stereocenters. The molecule has 116 valence electrons. The first-order valence-electron chi connectivity index (χ1n) is 7.96. The van der Waals surface area contributed by atoms with Crippen LogP contribution in [0.25, 0.3) is 0 Å². The summed E-state index contributed by atoms with van der Waals surface area (Å²) in [4.78, 5) is 2.40. The molecule has 0 amide bonds. The number of ether oxygens (including phenoxy) is 1. The van der Waals surface area contributed by atoms with Crippen LogP contribution >= 0.6 is 0 Å². The molecule has 1 heterocycles. The highest BCUT2D eigenvalue weighted by Crippen LogP contribution is 2.15. The van der Waals surface area contributed by atoms with E-state index in [0.717, 1.165) is 38.2 Å². The van der Waals surface area contributed by atoms with E-state index in [2.05, 4.69) is 29.2 Å². The molecule has 22 heavy (non-hydrogen) atoms. The molecule has 0 atom stereocenters. The van der Waals surface area contributed by atoms with Gasteiger partial charge < -0.3 is 9.84 Å². The van der Waals surface area contributed by atoms with Crippen molar-refractivity contribution in [1.29, 1.82) is 0 Å². The molecule has 3 nitrogen and oxygen atoms in total. The number of nitrogens with zero attached hydrogens (tertiary/aromatic N) is 1. The van der Waals surface area contributed by atoms with Crippen LogP contribution in [0.3, 0.4) is 0 Å². The normalized spacial score (nSPS) is 16.6. The Morgan fingerprint density at radius 2 is 1.55 bits per heavy atom. The number of hydrogen-bond donors (Lipinski definition) is 1. The van der Waals surface area contributed by atoms with E-state index in [1.165, 1.54) is 11.1 Å². The Morgan fingerprint density at radius 1 is 0.909 bits per heavy atom. The molecule has 3 heteroatoms. The lowest BCUT2D eigenvalue weighted by Gasteiger charge is -2.29. The minimum Gasteiger partial charge on any atom is -0.489 e. The van der Waals surface area contributed by atoms with Crippen LogP contribution in [0.5, 0.6) is 5.75 Å². The van der Waals surface area contributed by atoms with Crippen molar-refractivity contribution in [3.8, 4) is 5.75 Å². The van der Waals surface area contributed by atoms with Crippen molar-refractivity contribution in [3.05, 3.63) is 65.7 Å². The Morgan fingerprint density at radius 3 is 2.23 bits per heavy atom. The summed E-state index contributed by atoms with van der Waals surface area (Å²) >= 11 is 0. The minimum absolute atomic E-state index is 0.103. The first kappa shape index (κ1) is 15.1. The van der Waals surface area contributed by atoms with E-state index in [-0.39, 0.29) is 6.10 Å². The maximum atomic E-state index is 9.54. The zero-order valence-electron chi connectivity index (χ0n) is 12.8. The average Bonchev–Trinajstić information content (AvgIpc) is 2.57. The number of piperidine rings is 1. The molecule has 1 aliphatic heterocycles. The van der Waals surface area contributed by atoms with Crippen LogP contribution in [0.15, 0.2) is 54.6 Å². The molecule has 0 aromatic heterocycles. The third kappa shape index (κ3) is 4.33. The highest BCUT2D eigenvalue weighted by Gasteiger charge is 2.16. The van der Waals surface area contributed by atoms with Crippen molar-refractivity contribution in [1.82, 2.24) is 4.90 Å². The topological polar surface area (TPSA) is 32.7 Å². The van der Waals surface area contributed by atoms with Crippen LogP contribution in [0.1, 0.15) is 24.0 Å². The molecule has 0 spiro atoms. The van der Waals surface area contributed by atoms with Crippen molar-refractivity contribution in [2.75, 3.05) is 13.1 Å². The van der Waals surface area contributed by atoms with Gasteiger partial charge in [0.25, 0.3) is 0 Å². The van der Waals surface area contributed by atoms with E-state index in [4.69, 9.17) is 4.74 Å². The molecule has 1 aliphatic rings. The number of para-hydroxylation sites is 1. The second kappa shape index (κ2) is 7.43. The van der Waals surface area contributed by atoms with Crippen LogP contribution in [0.2, 0.25) is 0 Å². The Labute approximate surface area is 132 Å². The maximum absolute atomic E-state index is 9.54.